The smallest absolute Gasteiger partial charge is 0.306 e. The maximum atomic E-state index is 12.8. The van der Waals surface area contributed by atoms with E-state index < -0.39 is 6.10 Å². The van der Waals surface area contributed by atoms with E-state index in [2.05, 4.69) is 154 Å². The van der Waals surface area contributed by atoms with Crippen LogP contribution < -0.4 is 0 Å². The summed E-state index contributed by atoms with van der Waals surface area (Å²) >= 11 is 0. The van der Waals surface area contributed by atoms with Crippen LogP contribution in [-0.4, -0.2) is 37.2 Å². The fraction of sp³-hybridized carbons (Fsp3) is 0.534. The molecule has 0 radical (unpaired) electrons. The summed E-state index contributed by atoms with van der Waals surface area (Å²) in [5, 5.41) is 0. The number of hydrogen-bond acceptors (Lipinski definition) is 6. The van der Waals surface area contributed by atoms with Gasteiger partial charge >= 0.3 is 17.9 Å². The third-order valence-electron chi connectivity index (χ3n) is 9.58. The van der Waals surface area contributed by atoms with Crippen molar-refractivity contribution in [1.82, 2.24) is 0 Å². The molecule has 0 aliphatic carbocycles. The molecule has 0 bridgehead atoms. The van der Waals surface area contributed by atoms with Gasteiger partial charge in [0.05, 0.1) is 0 Å². The molecule has 1 atom stereocenters. The Morgan fingerprint density at radius 3 is 0.969 bits per heavy atom. The van der Waals surface area contributed by atoms with Crippen molar-refractivity contribution in [1.29, 1.82) is 0 Å². The maximum Gasteiger partial charge on any atom is 0.306 e. The van der Waals surface area contributed by atoms with Crippen molar-refractivity contribution in [3.63, 3.8) is 0 Å². The van der Waals surface area contributed by atoms with Crippen LogP contribution in [0.1, 0.15) is 181 Å². The molecule has 356 valence electrons. The predicted molar refractivity (Wildman–Crippen MR) is 274 cm³/mol. The van der Waals surface area contributed by atoms with Crippen molar-refractivity contribution < 1.29 is 28.6 Å². The van der Waals surface area contributed by atoms with Gasteiger partial charge in [0.2, 0.25) is 0 Å². The first-order chi connectivity index (χ1) is 31.5. The molecule has 6 heteroatoms. The Labute approximate surface area is 391 Å². The minimum Gasteiger partial charge on any atom is -0.462 e. The summed E-state index contributed by atoms with van der Waals surface area (Å²) in [7, 11) is 0. The summed E-state index contributed by atoms with van der Waals surface area (Å²) < 4.78 is 16.7. The van der Waals surface area contributed by atoms with Gasteiger partial charge < -0.3 is 14.2 Å². The molecule has 0 aliphatic rings. The lowest BCUT2D eigenvalue weighted by atomic mass is 10.1. The first-order valence-electron chi connectivity index (χ1n) is 24.8. The first-order valence-corrected chi connectivity index (χ1v) is 24.8. The third-order valence-corrected chi connectivity index (χ3v) is 9.58. The molecule has 0 rings (SSSR count). The Bertz CT molecular complexity index is 1480. The number of ether oxygens (including phenoxy) is 3. The van der Waals surface area contributed by atoms with E-state index in [9.17, 15) is 14.4 Å². The molecular formula is C58H88O6. The molecule has 0 spiro atoms. The zero-order chi connectivity index (χ0) is 46.5. The highest BCUT2D eigenvalue weighted by atomic mass is 16.6. The minimum absolute atomic E-state index is 0.132. The number of unbranched alkanes of at least 4 members (excludes halogenated alkanes) is 7. The van der Waals surface area contributed by atoms with Crippen LogP contribution in [0.3, 0.4) is 0 Å². The highest BCUT2D eigenvalue weighted by molar-refractivity contribution is 5.71. The lowest BCUT2D eigenvalue weighted by Crippen LogP contribution is -2.30. The van der Waals surface area contributed by atoms with Gasteiger partial charge in [-0.1, -0.05) is 186 Å². The second-order valence-corrected chi connectivity index (χ2v) is 15.6. The normalized spacial score (nSPS) is 13.4. The molecule has 0 heterocycles. The number of hydrogen-bond donors (Lipinski definition) is 0. The average Bonchev–Trinajstić information content (AvgIpc) is 3.29. The van der Waals surface area contributed by atoms with Gasteiger partial charge in [-0.25, -0.2) is 0 Å². The number of carbonyl (C=O) groups excluding carboxylic acids is 3. The lowest BCUT2D eigenvalue weighted by Gasteiger charge is -2.18. The number of esters is 3. The van der Waals surface area contributed by atoms with E-state index >= 15 is 0 Å². The molecule has 0 aliphatic heterocycles. The third kappa shape index (κ3) is 48.3. The molecular weight excluding hydrogens is 793 g/mol. The summed E-state index contributed by atoms with van der Waals surface area (Å²) in [4.78, 5) is 37.9. The van der Waals surface area contributed by atoms with Gasteiger partial charge in [-0.05, 0) is 122 Å². The van der Waals surface area contributed by atoms with Gasteiger partial charge in [0.25, 0.3) is 0 Å². The number of rotatable bonds is 42. The minimum atomic E-state index is -0.840. The van der Waals surface area contributed by atoms with Crippen LogP contribution in [0.25, 0.3) is 0 Å². The van der Waals surface area contributed by atoms with Gasteiger partial charge in [-0.2, -0.15) is 0 Å². The Kier molecular flexibility index (Phi) is 47.2. The fourth-order valence-electron chi connectivity index (χ4n) is 5.96. The van der Waals surface area contributed by atoms with E-state index in [1.807, 2.05) is 12.2 Å². The molecule has 0 amide bonds. The van der Waals surface area contributed by atoms with E-state index in [0.29, 0.717) is 19.3 Å². The van der Waals surface area contributed by atoms with Crippen molar-refractivity contribution in [2.24, 2.45) is 0 Å². The average molecular weight is 881 g/mol. The highest BCUT2D eigenvalue weighted by Crippen LogP contribution is 2.11. The van der Waals surface area contributed by atoms with Gasteiger partial charge in [-0.3, -0.25) is 14.4 Å². The summed E-state index contributed by atoms with van der Waals surface area (Å²) in [6.07, 6.45) is 72.7. The highest BCUT2D eigenvalue weighted by Gasteiger charge is 2.19. The summed E-state index contributed by atoms with van der Waals surface area (Å²) in [6, 6.07) is 0. The molecule has 64 heavy (non-hydrogen) atoms. The summed E-state index contributed by atoms with van der Waals surface area (Å²) in [5.41, 5.74) is 0. The maximum absolute atomic E-state index is 12.8. The van der Waals surface area contributed by atoms with Crippen molar-refractivity contribution >= 4 is 17.9 Å². The lowest BCUT2D eigenvalue weighted by molar-refractivity contribution is -0.166. The topological polar surface area (TPSA) is 78.9 Å². The van der Waals surface area contributed by atoms with Gasteiger partial charge in [-0.15, -0.1) is 0 Å². The Balaban J connectivity index is 4.63. The largest absolute Gasteiger partial charge is 0.462 e. The Morgan fingerprint density at radius 1 is 0.312 bits per heavy atom. The molecule has 0 fully saturated rings. The molecule has 0 saturated carbocycles. The van der Waals surface area contributed by atoms with Crippen LogP contribution in [0.2, 0.25) is 0 Å². The van der Waals surface area contributed by atoms with E-state index in [1.165, 1.54) is 0 Å². The van der Waals surface area contributed by atoms with Crippen molar-refractivity contribution in [2.45, 2.75) is 187 Å². The SMILES string of the molecule is CC/C=C\C/C=C\C/C=C\C/C=C\C/C=C\CCC(=O)OCC(COC(=O)CCCCCC/C=C\C/C=C\C/C=C\CC)OC(=O)CCCCC/C=C\C/C=C\C/C=C\C/C=C\CC. The summed E-state index contributed by atoms with van der Waals surface area (Å²) in [5.74, 6) is -1.08. The van der Waals surface area contributed by atoms with Gasteiger partial charge in [0, 0.05) is 19.3 Å². The molecule has 0 saturated heterocycles. The first kappa shape index (κ1) is 59.3. The quantitative estimate of drug-likeness (QED) is 0.0263. The van der Waals surface area contributed by atoms with Crippen LogP contribution in [-0.2, 0) is 28.6 Å². The fourth-order valence-corrected chi connectivity index (χ4v) is 5.96. The zero-order valence-corrected chi connectivity index (χ0v) is 40.5. The van der Waals surface area contributed by atoms with Crippen molar-refractivity contribution in [2.75, 3.05) is 13.2 Å². The molecule has 6 nitrogen and oxygen atoms in total. The predicted octanol–water partition coefficient (Wildman–Crippen LogP) is 16.5. The second-order valence-electron chi connectivity index (χ2n) is 15.6. The van der Waals surface area contributed by atoms with Crippen LogP contribution in [0, 0.1) is 0 Å². The van der Waals surface area contributed by atoms with E-state index in [0.717, 1.165) is 128 Å². The zero-order valence-electron chi connectivity index (χ0n) is 40.5. The summed E-state index contributed by atoms with van der Waals surface area (Å²) in [6.45, 7) is 6.15. The molecule has 0 aromatic heterocycles. The number of allylic oxidation sites excluding steroid dienone is 24. The van der Waals surface area contributed by atoms with E-state index in [4.69, 9.17) is 14.2 Å². The van der Waals surface area contributed by atoms with Crippen LogP contribution >= 0.6 is 0 Å². The second kappa shape index (κ2) is 50.9. The molecule has 1 unspecified atom stereocenters. The Morgan fingerprint density at radius 2 is 0.594 bits per heavy atom. The standard InChI is InChI=1S/C58H88O6/c1-4-7-10-13-16-19-22-25-28-30-33-36-39-42-45-48-51-57(60)63-54-55(53-62-56(59)50-47-44-41-38-35-32-27-24-21-18-15-12-9-6-3)64-58(61)52-49-46-43-40-37-34-31-29-26-23-20-17-14-11-8-5-2/h7-12,16-21,25-29,32-34,36-37,42,45,55H,4-6,13-15,22-24,30-31,35,38-41,43-44,46-54H2,1-3H3/b10-7-,11-8-,12-9-,19-16-,20-17-,21-18-,28-25-,29-26-,32-27-,36-33-,37-34-,45-42-. The van der Waals surface area contributed by atoms with Crippen LogP contribution in [0.5, 0.6) is 0 Å². The molecule has 0 aromatic rings. The van der Waals surface area contributed by atoms with E-state index in [-0.39, 0.29) is 44.0 Å². The van der Waals surface area contributed by atoms with Crippen molar-refractivity contribution in [3.05, 3.63) is 146 Å². The van der Waals surface area contributed by atoms with E-state index in [1.54, 1.807) is 0 Å². The van der Waals surface area contributed by atoms with Crippen LogP contribution in [0.15, 0.2) is 146 Å². The van der Waals surface area contributed by atoms with Crippen molar-refractivity contribution in [3.8, 4) is 0 Å². The van der Waals surface area contributed by atoms with Crippen LogP contribution in [0.4, 0.5) is 0 Å². The monoisotopic (exact) mass is 881 g/mol. The molecule has 0 N–H and O–H groups in total. The Hall–Kier alpha value is -4.71. The number of carbonyl (C=O) groups is 3. The van der Waals surface area contributed by atoms with Gasteiger partial charge in [0.15, 0.2) is 6.10 Å². The van der Waals surface area contributed by atoms with Gasteiger partial charge in [0.1, 0.15) is 13.2 Å². The molecule has 0 aromatic carbocycles.